The fourth-order valence-electron chi connectivity index (χ4n) is 3.68. The maximum Gasteiger partial charge on any atom is 0.227 e. The number of halogens is 1. The molecule has 1 aliphatic heterocycles. The molecular formula is C23H26FN5. The summed E-state index contributed by atoms with van der Waals surface area (Å²) in [5.74, 6) is 1.49. The minimum absolute atomic E-state index is 0.163. The van der Waals surface area contributed by atoms with Gasteiger partial charge in [0.2, 0.25) is 5.95 Å². The van der Waals surface area contributed by atoms with Crippen molar-refractivity contribution >= 4 is 17.5 Å². The number of piperazine rings is 1. The molecule has 29 heavy (non-hydrogen) atoms. The number of rotatable bonds is 5. The standard InChI is InChI=1S/C23H26FN5/c1-18-16-22(26-23(25-18)27(2)17-19-8-4-3-5-9-19)29-14-12-28(13-15-29)21-11-7-6-10-20(21)24/h3-11,16H,12-15,17H2,1-2H3. The van der Waals surface area contributed by atoms with E-state index in [1.807, 2.05) is 50.4 Å². The molecule has 0 N–H and O–H groups in total. The predicted molar refractivity (Wildman–Crippen MR) is 116 cm³/mol. The molecule has 1 aliphatic rings. The van der Waals surface area contributed by atoms with Crippen molar-refractivity contribution in [2.45, 2.75) is 13.5 Å². The average molecular weight is 391 g/mol. The summed E-state index contributed by atoms with van der Waals surface area (Å²) in [6.07, 6.45) is 0. The Balaban J connectivity index is 1.46. The molecule has 3 aromatic rings. The van der Waals surface area contributed by atoms with Gasteiger partial charge in [-0.15, -0.1) is 0 Å². The van der Waals surface area contributed by atoms with E-state index in [2.05, 4.69) is 31.8 Å². The number of nitrogens with zero attached hydrogens (tertiary/aromatic N) is 5. The molecule has 1 fully saturated rings. The van der Waals surface area contributed by atoms with Gasteiger partial charge in [0.05, 0.1) is 5.69 Å². The highest BCUT2D eigenvalue weighted by molar-refractivity contribution is 5.51. The lowest BCUT2D eigenvalue weighted by Gasteiger charge is -2.37. The topological polar surface area (TPSA) is 35.5 Å². The zero-order valence-corrected chi connectivity index (χ0v) is 16.9. The van der Waals surface area contributed by atoms with Gasteiger partial charge in [0.1, 0.15) is 11.6 Å². The summed E-state index contributed by atoms with van der Waals surface area (Å²) in [6.45, 7) is 5.88. The Morgan fingerprint density at radius 1 is 0.897 bits per heavy atom. The van der Waals surface area contributed by atoms with Crippen LogP contribution in [0.2, 0.25) is 0 Å². The van der Waals surface area contributed by atoms with Crippen molar-refractivity contribution in [3.63, 3.8) is 0 Å². The summed E-state index contributed by atoms with van der Waals surface area (Å²) in [4.78, 5) is 15.9. The molecular weight excluding hydrogens is 365 g/mol. The van der Waals surface area contributed by atoms with E-state index in [4.69, 9.17) is 4.98 Å². The fourth-order valence-corrected chi connectivity index (χ4v) is 3.68. The number of benzene rings is 2. The molecule has 2 heterocycles. The third-order valence-corrected chi connectivity index (χ3v) is 5.23. The van der Waals surface area contributed by atoms with Gasteiger partial charge in [0.25, 0.3) is 0 Å². The van der Waals surface area contributed by atoms with Gasteiger partial charge in [0.15, 0.2) is 0 Å². The van der Waals surface area contributed by atoms with Gasteiger partial charge >= 0.3 is 0 Å². The highest BCUT2D eigenvalue weighted by Gasteiger charge is 2.21. The van der Waals surface area contributed by atoms with Crippen LogP contribution in [0.25, 0.3) is 0 Å². The van der Waals surface area contributed by atoms with Gasteiger partial charge in [-0.2, -0.15) is 4.98 Å². The van der Waals surface area contributed by atoms with Crippen LogP contribution in [0, 0.1) is 12.7 Å². The summed E-state index contributed by atoms with van der Waals surface area (Å²) in [5, 5.41) is 0. The van der Waals surface area contributed by atoms with E-state index in [-0.39, 0.29) is 5.82 Å². The fraction of sp³-hybridized carbons (Fsp3) is 0.304. The third-order valence-electron chi connectivity index (χ3n) is 5.23. The molecule has 0 spiro atoms. The molecule has 4 rings (SSSR count). The molecule has 0 saturated carbocycles. The van der Waals surface area contributed by atoms with Crippen LogP contribution in [0.15, 0.2) is 60.7 Å². The van der Waals surface area contributed by atoms with Crippen molar-refractivity contribution in [3.05, 3.63) is 77.7 Å². The molecule has 150 valence electrons. The van der Waals surface area contributed by atoms with Crippen molar-refractivity contribution in [1.82, 2.24) is 9.97 Å². The molecule has 6 heteroatoms. The maximum atomic E-state index is 14.1. The van der Waals surface area contributed by atoms with Crippen molar-refractivity contribution in [3.8, 4) is 0 Å². The summed E-state index contributed by atoms with van der Waals surface area (Å²) < 4.78 is 14.1. The highest BCUT2D eigenvalue weighted by Crippen LogP contribution is 2.23. The molecule has 0 amide bonds. The first kappa shape index (κ1) is 19.2. The van der Waals surface area contributed by atoms with E-state index in [0.29, 0.717) is 5.69 Å². The smallest absolute Gasteiger partial charge is 0.227 e. The van der Waals surface area contributed by atoms with E-state index in [1.165, 1.54) is 11.6 Å². The van der Waals surface area contributed by atoms with Gasteiger partial charge < -0.3 is 14.7 Å². The van der Waals surface area contributed by atoms with Crippen LogP contribution in [0.1, 0.15) is 11.3 Å². The predicted octanol–water partition coefficient (Wildman–Crippen LogP) is 3.89. The van der Waals surface area contributed by atoms with E-state index < -0.39 is 0 Å². The van der Waals surface area contributed by atoms with Crippen molar-refractivity contribution in [2.75, 3.05) is 47.9 Å². The van der Waals surface area contributed by atoms with Gasteiger partial charge in [-0.25, -0.2) is 9.37 Å². The van der Waals surface area contributed by atoms with Crippen LogP contribution in [0.5, 0.6) is 0 Å². The SMILES string of the molecule is Cc1cc(N2CCN(c3ccccc3F)CC2)nc(N(C)Cc2ccccc2)n1. The van der Waals surface area contributed by atoms with Gasteiger partial charge in [-0.05, 0) is 24.6 Å². The van der Waals surface area contributed by atoms with Crippen LogP contribution in [0.4, 0.5) is 21.8 Å². The summed E-state index contributed by atoms with van der Waals surface area (Å²) in [7, 11) is 2.02. The molecule has 0 aliphatic carbocycles. The number of anilines is 3. The lowest BCUT2D eigenvalue weighted by Crippen LogP contribution is -2.47. The quantitative estimate of drug-likeness (QED) is 0.659. The van der Waals surface area contributed by atoms with Gasteiger partial charge in [-0.1, -0.05) is 42.5 Å². The number of aryl methyl sites for hydroxylation is 1. The first-order chi connectivity index (χ1) is 14.1. The number of hydrogen-bond donors (Lipinski definition) is 0. The second-order valence-corrected chi connectivity index (χ2v) is 7.43. The zero-order chi connectivity index (χ0) is 20.2. The molecule has 5 nitrogen and oxygen atoms in total. The second-order valence-electron chi connectivity index (χ2n) is 7.43. The third kappa shape index (κ3) is 4.47. The first-order valence-electron chi connectivity index (χ1n) is 9.95. The zero-order valence-electron chi connectivity index (χ0n) is 16.9. The van der Waals surface area contributed by atoms with Crippen LogP contribution in [-0.4, -0.2) is 43.2 Å². The first-order valence-corrected chi connectivity index (χ1v) is 9.95. The van der Waals surface area contributed by atoms with E-state index in [9.17, 15) is 4.39 Å². The normalized spacial score (nSPS) is 14.2. The minimum atomic E-state index is -0.163. The van der Waals surface area contributed by atoms with Crippen LogP contribution in [-0.2, 0) is 6.54 Å². The largest absolute Gasteiger partial charge is 0.366 e. The Hall–Kier alpha value is -3.15. The molecule has 0 radical (unpaired) electrons. The van der Waals surface area contributed by atoms with Gasteiger partial charge in [-0.3, -0.25) is 0 Å². The maximum absolute atomic E-state index is 14.1. The van der Waals surface area contributed by atoms with Gasteiger partial charge in [0, 0.05) is 51.5 Å². The molecule has 2 aromatic carbocycles. The lowest BCUT2D eigenvalue weighted by atomic mass is 10.2. The highest BCUT2D eigenvalue weighted by atomic mass is 19.1. The summed E-state index contributed by atoms with van der Waals surface area (Å²) in [5.41, 5.74) is 2.84. The van der Waals surface area contributed by atoms with E-state index >= 15 is 0 Å². The minimum Gasteiger partial charge on any atom is -0.366 e. The Kier molecular flexibility index (Phi) is 5.60. The van der Waals surface area contributed by atoms with E-state index in [1.54, 1.807) is 6.07 Å². The molecule has 0 bridgehead atoms. The lowest BCUT2D eigenvalue weighted by molar-refractivity contribution is 0.596. The number of para-hydroxylation sites is 1. The Morgan fingerprint density at radius 3 is 2.28 bits per heavy atom. The number of hydrogen-bond acceptors (Lipinski definition) is 5. The molecule has 1 aromatic heterocycles. The van der Waals surface area contributed by atoms with Crippen LogP contribution >= 0.6 is 0 Å². The van der Waals surface area contributed by atoms with Crippen molar-refractivity contribution in [2.24, 2.45) is 0 Å². The van der Waals surface area contributed by atoms with Crippen LogP contribution in [0.3, 0.4) is 0 Å². The van der Waals surface area contributed by atoms with E-state index in [0.717, 1.165) is 50.2 Å². The second kappa shape index (κ2) is 8.47. The molecule has 1 saturated heterocycles. The Bertz CT molecular complexity index is 954. The summed E-state index contributed by atoms with van der Waals surface area (Å²) in [6, 6.07) is 19.3. The Labute approximate surface area is 171 Å². The van der Waals surface area contributed by atoms with Crippen LogP contribution < -0.4 is 14.7 Å². The monoisotopic (exact) mass is 391 g/mol. The van der Waals surface area contributed by atoms with Crippen molar-refractivity contribution < 1.29 is 4.39 Å². The average Bonchev–Trinajstić information content (AvgIpc) is 2.74. The number of aromatic nitrogens is 2. The Morgan fingerprint density at radius 2 is 1.55 bits per heavy atom. The molecule has 0 atom stereocenters. The molecule has 0 unspecified atom stereocenters. The van der Waals surface area contributed by atoms with Crippen molar-refractivity contribution in [1.29, 1.82) is 0 Å². The summed E-state index contributed by atoms with van der Waals surface area (Å²) >= 11 is 0.